The highest BCUT2D eigenvalue weighted by atomic mass is 16.5. The highest BCUT2D eigenvalue weighted by molar-refractivity contribution is 6.06. The van der Waals surface area contributed by atoms with Crippen LogP contribution >= 0.6 is 0 Å². The number of benzene rings is 2. The summed E-state index contributed by atoms with van der Waals surface area (Å²) in [5.41, 5.74) is 2.51. The van der Waals surface area contributed by atoms with Gasteiger partial charge in [0.15, 0.2) is 6.10 Å². The summed E-state index contributed by atoms with van der Waals surface area (Å²) in [5.74, 6) is 0.134. The molecule has 4 rings (SSSR count). The molecule has 1 aliphatic rings. The van der Waals surface area contributed by atoms with Gasteiger partial charge in [0, 0.05) is 16.6 Å². The first-order chi connectivity index (χ1) is 11.6. The molecule has 6 heteroatoms. The van der Waals surface area contributed by atoms with Crippen molar-refractivity contribution in [1.29, 1.82) is 0 Å². The van der Waals surface area contributed by atoms with Crippen LogP contribution in [-0.4, -0.2) is 22.9 Å². The van der Waals surface area contributed by atoms with Crippen LogP contribution in [0, 0.1) is 0 Å². The molecule has 3 N–H and O–H groups in total. The summed E-state index contributed by atoms with van der Waals surface area (Å²) < 4.78 is 5.50. The second kappa shape index (κ2) is 5.42. The van der Waals surface area contributed by atoms with Gasteiger partial charge in [0.2, 0.25) is 0 Å². The highest BCUT2D eigenvalue weighted by Crippen LogP contribution is 2.32. The van der Waals surface area contributed by atoms with Crippen molar-refractivity contribution in [2.24, 2.45) is 0 Å². The van der Waals surface area contributed by atoms with Gasteiger partial charge in [-0.25, -0.2) is 0 Å². The summed E-state index contributed by atoms with van der Waals surface area (Å²) in [6.45, 7) is 1.68. The normalized spacial score (nSPS) is 16.2. The number of hydrogen-bond acceptors (Lipinski definition) is 3. The van der Waals surface area contributed by atoms with Crippen molar-refractivity contribution in [2.45, 2.75) is 13.0 Å². The second-order valence-corrected chi connectivity index (χ2v) is 5.68. The molecule has 1 aromatic heterocycles. The SMILES string of the molecule is C[C@H]1Oc2ccc(NC(=O)c3cc4ccccc4[nH]3)cc2NC1=O. The summed E-state index contributed by atoms with van der Waals surface area (Å²) in [6, 6.07) is 14.6. The van der Waals surface area contributed by atoms with Crippen molar-refractivity contribution in [3.05, 3.63) is 54.2 Å². The van der Waals surface area contributed by atoms with Crippen LogP contribution in [0.25, 0.3) is 10.9 Å². The monoisotopic (exact) mass is 321 g/mol. The number of hydrogen-bond donors (Lipinski definition) is 3. The first-order valence-corrected chi connectivity index (χ1v) is 7.61. The minimum Gasteiger partial charge on any atom is -0.479 e. The fourth-order valence-electron chi connectivity index (χ4n) is 2.68. The van der Waals surface area contributed by atoms with Crippen molar-refractivity contribution < 1.29 is 14.3 Å². The quantitative estimate of drug-likeness (QED) is 0.678. The molecule has 0 unspecified atom stereocenters. The minimum atomic E-state index is -0.524. The molecule has 6 nitrogen and oxygen atoms in total. The van der Waals surface area contributed by atoms with Crippen molar-refractivity contribution >= 4 is 34.1 Å². The Balaban J connectivity index is 1.58. The summed E-state index contributed by atoms with van der Waals surface area (Å²) in [5, 5.41) is 6.55. The zero-order chi connectivity index (χ0) is 16.7. The van der Waals surface area contributed by atoms with E-state index in [4.69, 9.17) is 4.74 Å². The molecule has 1 aliphatic heterocycles. The molecule has 0 aliphatic carbocycles. The van der Waals surface area contributed by atoms with Gasteiger partial charge in [0.25, 0.3) is 11.8 Å². The van der Waals surface area contributed by atoms with Crippen molar-refractivity contribution in [2.75, 3.05) is 10.6 Å². The van der Waals surface area contributed by atoms with Gasteiger partial charge in [-0.3, -0.25) is 9.59 Å². The van der Waals surface area contributed by atoms with E-state index in [1.54, 1.807) is 31.2 Å². The first-order valence-electron chi connectivity index (χ1n) is 7.61. The van der Waals surface area contributed by atoms with Crippen LogP contribution in [0.2, 0.25) is 0 Å². The maximum absolute atomic E-state index is 12.4. The van der Waals surface area contributed by atoms with Crippen LogP contribution in [0.15, 0.2) is 48.5 Å². The summed E-state index contributed by atoms with van der Waals surface area (Å²) >= 11 is 0. The van der Waals surface area contributed by atoms with Gasteiger partial charge in [-0.05, 0) is 37.3 Å². The molecule has 0 radical (unpaired) electrons. The Morgan fingerprint density at radius 2 is 2.00 bits per heavy atom. The predicted octanol–water partition coefficient (Wildman–Crippen LogP) is 3.14. The Hall–Kier alpha value is -3.28. The van der Waals surface area contributed by atoms with Gasteiger partial charge in [0.1, 0.15) is 11.4 Å². The maximum Gasteiger partial charge on any atom is 0.272 e. The Morgan fingerprint density at radius 1 is 1.17 bits per heavy atom. The maximum atomic E-state index is 12.4. The second-order valence-electron chi connectivity index (χ2n) is 5.68. The van der Waals surface area contributed by atoms with E-state index in [9.17, 15) is 9.59 Å². The third kappa shape index (κ3) is 2.48. The summed E-state index contributed by atoms with van der Waals surface area (Å²) in [4.78, 5) is 27.2. The lowest BCUT2D eigenvalue weighted by molar-refractivity contribution is -0.122. The van der Waals surface area contributed by atoms with E-state index in [0.717, 1.165) is 10.9 Å². The highest BCUT2D eigenvalue weighted by Gasteiger charge is 2.23. The van der Waals surface area contributed by atoms with Crippen LogP contribution in [0.1, 0.15) is 17.4 Å². The standard InChI is InChI=1S/C18H15N3O3/c1-10-17(22)21-14-9-12(6-7-16(14)24-10)19-18(23)15-8-11-4-2-3-5-13(11)20-15/h2-10,20H,1H3,(H,19,23)(H,21,22)/t10-/m1/s1. The molecule has 24 heavy (non-hydrogen) atoms. The van der Waals surface area contributed by atoms with Crippen molar-refractivity contribution in [1.82, 2.24) is 4.98 Å². The average molecular weight is 321 g/mol. The molecule has 0 fully saturated rings. The van der Waals surface area contributed by atoms with Crippen LogP contribution in [0.4, 0.5) is 11.4 Å². The molecule has 3 aromatic rings. The number of anilines is 2. The lowest BCUT2D eigenvalue weighted by Gasteiger charge is -2.23. The minimum absolute atomic E-state index is 0.207. The smallest absolute Gasteiger partial charge is 0.272 e. The fourth-order valence-corrected chi connectivity index (χ4v) is 2.68. The number of ether oxygens (including phenoxy) is 1. The number of carbonyl (C=O) groups excluding carboxylic acids is 2. The largest absolute Gasteiger partial charge is 0.479 e. The molecule has 0 saturated heterocycles. The zero-order valence-electron chi connectivity index (χ0n) is 12.9. The zero-order valence-corrected chi connectivity index (χ0v) is 12.9. The number of para-hydroxylation sites is 1. The Labute approximate surface area is 137 Å². The molecule has 0 bridgehead atoms. The van der Waals surface area contributed by atoms with Gasteiger partial charge in [0.05, 0.1) is 5.69 Å². The Kier molecular flexibility index (Phi) is 3.23. The van der Waals surface area contributed by atoms with Crippen molar-refractivity contribution in [3.63, 3.8) is 0 Å². The summed E-state index contributed by atoms with van der Waals surface area (Å²) in [7, 11) is 0. The van der Waals surface area contributed by atoms with Gasteiger partial charge < -0.3 is 20.4 Å². The lowest BCUT2D eigenvalue weighted by atomic mass is 10.2. The number of aromatic amines is 1. The van der Waals surface area contributed by atoms with Gasteiger partial charge in [-0.2, -0.15) is 0 Å². The molecule has 2 amide bonds. The molecular weight excluding hydrogens is 306 g/mol. The van der Waals surface area contributed by atoms with Crippen LogP contribution in [-0.2, 0) is 4.79 Å². The third-order valence-electron chi connectivity index (χ3n) is 3.94. The van der Waals surface area contributed by atoms with Gasteiger partial charge >= 0.3 is 0 Å². The number of amides is 2. The van der Waals surface area contributed by atoms with E-state index < -0.39 is 6.10 Å². The van der Waals surface area contributed by atoms with Crippen LogP contribution in [0.3, 0.4) is 0 Å². The predicted molar refractivity (Wildman–Crippen MR) is 91.4 cm³/mol. The van der Waals surface area contributed by atoms with Crippen molar-refractivity contribution in [3.8, 4) is 5.75 Å². The van der Waals surface area contributed by atoms with Gasteiger partial charge in [-0.15, -0.1) is 0 Å². The molecule has 2 aromatic carbocycles. The van der Waals surface area contributed by atoms with E-state index in [0.29, 0.717) is 22.8 Å². The Bertz CT molecular complexity index is 928. The van der Waals surface area contributed by atoms with Crippen LogP contribution < -0.4 is 15.4 Å². The Morgan fingerprint density at radius 3 is 2.83 bits per heavy atom. The van der Waals surface area contributed by atoms with E-state index >= 15 is 0 Å². The van der Waals surface area contributed by atoms with Crippen LogP contribution in [0.5, 0.6) is 5.75 Å². The topological polar surface area (TPSA) is 83.2 Å². The molecule has 2 heterocycles. The first kappa shape index (κ1) is 14.3. The lowest BCUT2D eigenvalue weighted by Crippen LogP contribution is -2.34. The number of H-pyrrole nitrogens is 1. The molecule has 1 atom stereocenters. The number of rotatable bonds is 2. The van der Waals surface area contributed by atoms with Gasteiger partial charge in [-0.1, -0.05) is 18.2 Å². The molecule has 120 valence electrons. The van der Waals surface area contributed by atoms with E-state index in [-0.39, 0.29) is 11.8 Å². The number of fused-ring (bicyclic) bond motifs is 2. The fraction of sp³-hybridized carbons (Fsp3) is 0.111. The van der Waals surface area contributed by atoms with E-state index in [1.807, 2.05) is 24.3 Å². The third-order valence-corrected chi connectivity index (χ3v) is 3.94. The number of carbonyl (C=O) groups is 2. The number of aromatic nitrogens is 1. The van der Waals surface area contributed by atoms with E-state index in [1.165, 1.54) is 0 Å². The van der Waals surface area contributed by atoms with E-state index in [2.05, 4.69) is 15.6 Å². The molecular formula is C18H15N3O3. The average Bonchev–Trinajstić information content (AvgIpc) is 3.00. The molecule has 0 saturated carbocycles. The summed E-state index contributed by atoms with van der Waals surface area (Å²) in [6.07, 6.45) is -0.524. The number of nitrogens with one attached hydrogen (secondary N) is 3. The molecule has 0 spiro atoms.